The molecular weight excluding hydrogens is 236 g/mol. The standard InChI is InChI=1S/C8H5BrN2O2/c9-5-1-2-6(7(12)3-5)8(13)11-4-10/h1-3,12H,(H,11,13). The van der Waals surface area contributed by atoms with E-state index >= 15 is 0 Å². The zero-order valence-corrected chi connectivity index (χ0v) is 8.00. The highest BCUT2D eigenvalue weighted by Crippen LogP contribution is 2.21. The average Bonchev–Trinajstić information content (AvgIpc) is 2.04. The van der Waals surface area contributed by atoms with Crippen LogP contribution in [0.15, 0.2) is 22.7 Å². The summed E-state index contributed by atoms with van der Waals surface area (Å²) in [5.74, 6) is -0.783. The summed E-state index contributed by atoms with van der Waals surface area (Å²) in [6, 6.07) is 4.41. The number of halogens is 1. The SMILES string of the molecule is N#CNC(=O)c1ccc(Br)cc1O. The van der Waals surface area contributed by atoms with Crippen molar-refractivity contribution in [1.29, 1.82) is 5.26 Å². The smallest absolute Gasteiger partial charge is 0.268 e. The molecule has 0 aliphatic heterocycles. The second-order valence-electron chi connectivity index (χ2n) is 2.23. The molecule has 13 heavy (non-hydrogen) atoms. The molecule has 1 aromatic rings. The van der Waals surface area contributed by atoms with E-state index in [0.29, 0.717) is 4.47 Å². The highest BCUT2D eigenvalue weighted by atomic mass is 79.9. The number of amides is 1. The van der Waals surface area contributed by atoms with Crippen LogP contribution in [0.1, 0.15) is 10.4 Å². The van der Waals surface area contributed by atoms with Gasteiger partial charge in [0.05, 0.1) is 5.56 Å². The van der Waals surface area contributed by atoms with E-state index in [9.17, 15) is 9.90 Å². The molecule has 5 heteroatoms. The van der Waals surface area contributed by atoms with E-state index in [4.69, 9.17) is 5.26 Å². The number of rotatable bonds is 1. The van der Waals surface area contributed by atoms with Gasteiger partial charge >= 0.3 is 0 Å². The normalized spacial score (nSPS) is 8.92. The number of carbonyl (C=O) groups excluding carboxylic acids is 1. The highest BCUT2D eigenvalue weighted by Gasteiger charge is 2.09. The molecule has 0 radical (unpaired) electrons. The van der Waals surface area contributed by atoms with Gasteiger partial charge in [0, 0.05) is 4.47 Å². The molecule has 0 fully saturated rings. The van der Waals surface area contributed by atoms with Crippen LogP contribution >= 0.6 is 15.9 Å². The fourth-order valence-electron chi connectivity index (χ4n) is 0.815. The molecule has 1 aromatic carbocycles. The molecule has 0 unspecified atom stereocenters. The van der Waals surface area contributed by atoms with Gasteiger partial charge in [-0.2, -0.15) is 5.26 Å². The Morgan fingerprint density at radius 3 is 2.85 bits per heavy atom. The number of nitrogens with one attached hydrogen (secondary N) is 1. The van der Waals surface area contributed by atoms with Crippen LogP contribution in [-0.2, 0) is 0 Å². The topological polar surface area (TPSA) is 73.1 Å². The Morgan fingerprint density at radius 1 is 1.62 bits per heavy atom. The summed E-state index contributed by atoms with van der Waals surface area (Å²) >= 11 is 3.13. The monoisotopic (exact) mass is 240 g/mol. The van der Waals surface area contributed by atoms with Crippen molar-refractivity contribution in [2.45, 2.75) is 0 Å². The number of hydrogen-bond donors (Lipinski definition) is 2. The Balaban J connectivity index is 3.03. The van der Waals surface area contributed by atoms with Crippen LogP contribution in [0.25, 0.3) is 0 Å². The molecule has 0 bridgehead atoms. The number of hydrogen-bond acceptors (Lipinski definition) is 3. The van der Waals surface area contributed by atoms with Gasteiger partial charge in [-0.3, -0.25) is 10.1 Å². The lowest BCUT2D eigenvalue weighted by Gasteiger charge is -2.01. The summed E-state index contributed by atoms with van der Waals surface area (Å²) in [4.78, 5) is 11.1. The first-order chi connectivity index (χ1) is 6.15. The minimum atomic E-state index is -0.618. The number of carbonyl (C=O) groups is 1. The molecule has 0 aliphatic carbocycles. The predicted octanol–water partition coefficient (Wildman–Crippen LogP) is 1.37. The second-order valence-corrected chi connectivity index (χ2v) is 3.14. The third kappa shape index (κ3) is 2.20. The van der Waals surface area contributed by atoms with E-state index in [0.717, 1.165) is 0 Å². The Kier molecular flexibility index (Phi) is 2.88. The summed E-state index contributed by atoms with van der Waals surface area (Å²) in [5, 5.41) is 19.4. The van der Waals surface area contributed by atoms with Crippen molar-refractivity contribution in [3.63, 3.8) is 0 Å². The van der Waals surface area contributed by atoms with Crippen molar-refractivity contribution in [1.82, 2.24) is 5.32 Å². The molecule has 2 N–H and O–H groups in total. The second kappa shape index (κ2) is 3.92. The van der Waals surface area contributed by atoms with Gasteiger partial charge in [0.25, 0.3) is 5.91 Å². The Hall–Kier alpha value is -1.54. The summed E-state index contributed by atoms with van der Waals surface area (Å²) in [5.41, 5.74) is 0.0738. The maximum Gasteiger partial charge on any atom is 0.268 e. The Morgan fingerprint density at radius 2 is 2.31 bits per heavy atom. The molecule has 0 saturated heterocycles. The molecule has 0 heterocycles. The maximum absolute atomic E-state index is 11.1. The lowest BCUT2D eigenvalue weighted by molar-refractivity contribution is 0.0970. The molecule has 66 valence electrons. The first-order valence-corrected chi connectivity index (χ1v) is 4.12. The summed E-state index contributed by atoms with van der Waals surface area (Å²) < 4.78 is 0.665. The van der Waals surface area contributed by atoms with Crippen molar-refractivity contribution in [2.75, 3.05) is 0 Å². The van der Waals surface area contributed by atoms with Gasteiger partial charge in [0.1, 0.15) is 5.75 Å². The van der Waals surface area contributed by atoms with Crippen LogP contribution in [0.5, 0.6) is 5.75 Å². The minimum absolute atomic E-state index is 0.0738. The number of nitriles is 1. The van der Waals surface area contributed by atoms with E-state index in [2.05, 4.69) is 15.9 Å². The zero-order chi connectivity index (χ0) is 9.84. The van der Waals surface area contributed by atoms with Crippen LogP contribution in [0.3, 0.4) is 0 Å². The molecule has 1 amide bonds. The molecule has 0 saturated carbocycles. The third-order valence-electron chi connectivity index (χ3n) is 1.37. The number of phenolic OH excluding ortho intramolecular Hbond substituents is 1. The van der Waals surface area contributed by atoms with Crippen molar-refractivity contribution < 1.29 is 9.90 Å². The molecular formula is C8H5BrN2O2. The minimum Gasteiger partial charge on any atom is -0.507 e. The quantitative estimate of drug-likeness (QED) is 0.576. The van der Waals surface area contributed by atoms with Gasteiger partial charge < -0.3 is 5.11 Å². The van der Waals surface area contributed by atoms with E-state index in [1.807, 2.05) is 5.32 Å². The van der Waals surface area contributed by atoms with Crippen LogP contribution in [0.4, 0.5) is 0 Å². The number of aromatic hydroxyl groups is 1. The molecule has 0 aromatic heterocycles. The molecule has 0 spiro atoms. The van der Waals surface area contributed by atoms with E-state index in [-0.39, 0.29) is 11.3 Å². The van der Waals surface area contributed by atoms with Crippen LogP contribution in [0.2, 0.25) is 0 Å². The van der Waals surface area contributed by atoms with E-state index < -0.39 is 5.91 Å². The van der Waals surface area contributed by atoms with Crippen molar-refractivity contribution in [3.05, 3.63) is 28.2 Å². The maximum atomic E-state index is 11.1. The van der Waals surface area contributed by atoms with Crippen molar-refractivity contribution in [3.8, 4) is 11.9 Å². The summed E-state index contributed by atoms with van der Waals surface area (Å²) in [6.45, 7) is 0. The molecule has 4 nitrogen and oxygen atoms in total. The Bertz CT molecular complexity index is 384. The first kappa shape index (κ1) is 9.55. The lowest BCUT2D eigenvalue weighted by atomic mass is 10.2. The first-order valence-electron chi connectivity index (χ1n) is 3.33. The summed E-state index contributed by atoms with van der Waals surface area (Å²) in [6.07, 6.45) is 1.49. The number of phenols is 1. The molecule has 1 rings (SSSR count). The number of benzene rings is 1. The summed E-state index contributed by atoms with van der Waals surface area (Å²) in [7, 11) is 0. The average molecular weight is 241 g/mol. The van der Waals surface area contributed by atoms with Crippen LogP contribution in [0, 0.1) is 11.5 Å². The van der Waals surface area contributed by atoms with Gasteiger partial charge in [-0.25, -0.2) is 0 Å². The predicted molar refractivity (Wildman–Crippen MR) is 48.9 cm³/mol. The van der Waals surface area contributed by atoms with Crippen molar-refractivity contribution in [2.24, 2.45) is 0 Å². The van der Waals surface area contributed by atoms with Crippen LogP contribution < -0.4 is 5.32 Å². The van der Waals surface area contributed by atoms with Gasteiger partial charge in [-0.1, -0.05) is 15.9 Å². The largest absolute Gasteiger partial charge is 0.507 e. The van der Waals surface area contributed by atoms with E-state index in [1.165, 1.54) is 18.3 Å². The number of nitrogens with zero attached hydrogens (tertiary/aromatic N) is 1. The van der Waals surface area contributed by atoms with Gasteiger partial charge in [-0.05, 0) is 18.2 Å². The van der Waals surface area contributed by atoms with Crippen molar-refractivity contribution >= 4 is 21.8 Å². The zero-order valence-electron chi connectivity index (χ0n) is 6.41. The lowest BCUT2D eigenvalue weighted by Crippen LogP contribution is -2.17. The molecule has 0 aliphatic rings. The fourth-order valence-corrected chi connectivity index (χ4v) is 1.16. The van der Waals surface area contributed by atoms with Gasteiger partial charge in [-0.15, -0.1) is 0 Å². The van der Waals surface area contributed by atoms with Gasteiger partial charge in [0.15, 0.2) is 6.19 Å². The van der Waals surface area contributed by atoms with Gasteiger partial charge in [0.2, 0.25) is 0 Å². The Labute approximate surface area is 82.9 Å². The third-order valence-corrected chi connectivity index (χ3v) is 1.87. The highest BCUT2D eigenvalue weighted by molar-refractivity contribution is 9.10. The molecule has 0 atom stereocenters. The van der Waals surface area contributed by atoms with E-state index in [1.54, 1.807) is 6.07 Å². The fraction of sp³-hybridized carbons (Fsp3) is 0. The van der Waals surface area contributed by atoms with Crippen LogP contribution in [-0.4, -0.2) is 11.0 Å².